The fourth-order valence-electron chi connectivity index (χ4n) is 2.75. The van der Waals surface area contributed by atoms with Crippen molar-refractivity contribution in [3.05, 3.63) is 24.3 Å². The van der Waals surface area contributed by atoms with Crippen molar-refractivity contribution < 1.29 is 8.42 Å². The minimum Gasteiger partial charge on any atom is -0.367 e. The highest BCUT2D eigenvalue weighted by atomic mass is 32.2. The number of nitrogens with two attached hydrogens (primary N) is 1. The number of rotatable bonds is 5. The summed E-state index contributed by atoms with van der Waals surface area (Å²) >= 11 is 0. The van der Waals surface area contributed by atoms with Crippen LogP contribution in [0.5, 0.6) is 0 Å². The van der Waals surface area contributed by atoms with Crippen molar-refractivity contribution in [2.45, 2.75) is 50.1 Å². The molecule has 0 aromatic heterocycles. The molecular weight excluding hydrogens is 286 g/mol. The molecule has 1 aliphatic rings. The molecule has 0 saturated carbocycles. The number of anilines is 1. The van der Waals surface area contributed by atoms with Crippen LogP contribution in [0.1, 0.15) is 33.1 Å². The van der Waals surface area contributed by atoms with E-state index in [0.717, 1.165) is 25.2 Å². The molecule has 3 N–H and O–H groups in total. The Labute approximate surface area is 127 Å². The molecule has 2 rings (SSSR count). The summed E-state index contributed by atoms with van der Waals surface area (Å²) in [5.41, 5.74) is 1.07. The predicted octanol–water partition coefficient (Wildman–Crippen LogP) is 1.69. The first-order valence-corrected chi connectivity index (χ1v) is 9.05. The van der Waals surface area contributed by atoms with Gasteiger partial charge in [0.15, 0.2) is 0 Å². The Hall–Kier alpha value is -1.11. The number of nitrogens with one attached hydrogen (secondary N) is 1. The van der Waals surface area contributed by atoms with E-state index in [0.29, 0.717) is 12.1 Å². The smallest absolute Gasteiger partial charge is 0.238 e. The van der Waals surface area contributed by atoms with Crippen molar-refractivity contribution in [2.24, 2.45) is 5.14 Å². The first-order chi connectivity index (χ1) is 9.88. The van der Waals surface area contributed by atoms with E-state index in [1.807, 2.05) is 12.1 Å². The molecule has 1 aliphatic heterocycles. The van der Waals surface area contributed by atoms with Gasteiger partial charge in [-0.1, -0.05) is 13.8 Å². The summed E-state index contributed by atoms with van der Waals surface area (Å²) in [6.45, 7) is 6.26. The lowest BCUT2D eigenvalue weighted by atomic mass is 10.0. The number of benzene rings is 1. The van der Waals surface area contributed by atoms with Gasteiger partial charge in [-0.25, -0.2) is 13.6 Å². The summed E-state index contributed by atoms with van der Waals surface area (Å²) in [5.74, 6) is 0. The summed E-state index contributed by atoms with van der Waals surface area (Å²) in [6, 6.07) is 7.82. The van der Waals surface area contributed by atoms with Crippen molar-refractivity contribution in [1.82, 2.24) is 5.32 Å². The average molecular weight is 311 g/mol. The molecule has 0 spiro atoms. The molecule has 6 heteroatoms. The van der Waals surface area contributed by atoms with Crippen molar-refractivity contribution in [2.75, 3.05) is 18.0 Å². The maximum absolute atomic E-state index is 11.3. The topological polar surface area (TPSA) is 75.4 Å². The number of piperidine rings is 1. The number of hydrogen-bond acceptors (Lipinski definition) is 4. The molecule has 1 aromatic carbocycles. The maximum Gasteiger partial charge on any atom is 0.238 e. The molecule has 5 nitrogen and oxygen atoms in total. The van der Waals surface area contributed by atoms with Crippen molar-refractivity contribution >= 4 is 15.7 Å². The third-order valence-electron chi connectivity index (χ3n) is 3.89. The van der Waals surface area contributed by atoms with Gasteiger partial charge in [0.25, 0.3) is 0 Å². The van der Waals surface area contributed by atoms with Gasteiger partial charge in [0, 0.05) is 30.9 Å². The van der Waals surface area contributed by atoms with Crippen molar-refractivity contribution in [1.29, 1.82) is 0 Å². The molecule has 1 heterocycles. The molecule has 1 saturated heterocycles. The van der Waals surface area contributed by atoms with E-state index >= 15 is 0 Å². The van der Waals surface area contributed by atoms with Crippen LogP contribution in [-0.4, -0.2) is 33.6 Å². The van der Waals surface area contributed by atoms with E-state index < -0.39 is 10.0 Å². The molecule has 21 heavy (non-hydrogen) atoms. The lowest BCUT2D eigenvalue weighted by Crippen LogP contribution is -2.46. The summed E-state index contributed by atoms with van der Waals surface area (Å²) < 4.78 is 22.6. The molecule has 0 aliphatic carbocycles. The van der Waals surface area contributed by atoms with E-state index in [1.54, 1.807) is 12.1 Å². The van der Waals surface area contributed by atoms with E-state index in [1.165, 1.54) is 12.8 Å². The fourth-order valence-corrected chi connectivity index (χ4v) is 3.27. The van der Waals surface area contributed by atoms with Gasteiger partial charge < -0.3 is 10.2 Å². The molecule has 0 amide bonds. The molecule has 1 aromatic rings. The Bertz CT molecular complexity index is 555. The summed E-state index contributed by atoms with van der Waals surface area (Å²) in [4.78, 5) is 2.53. The van der Waals surface area contributed by atoms with Gasteiger partial charge in [-0.3, -0.25) is 0 Å². The Morgan fingerprint density at radius 2 is 1.95 bits per heavy atom. The van der Waals surface area contributed by atoms with Gasteiger partial charge in [0.2, 0.25) is 10.0 Å². The third kappa shape index (κ3) is 4.43. The molecule has 1 fully saturated rings. The van der Waals surface area contributed by atoms with E-state index in [9.17, 15) is 8.42 Å². The zero-order chi connectivity index (χ0) is 15.5. The second-order valence-corrected chi connectivity index (χ2v) is 7.51. The minimum absolute atomic E-state index is 0.167. The zero-order valence-electron chi connectivity index (χ0n) is 12.7. The van der Waals surface area contributed by atoms with Crippen LogP contribution in [0.25, 0.3) is 0 Å². The first kappa shape index (κ1) is 16.3. The highest BCUT2D eigenvalue weighted by molar-refractivity contribution is 7.89. The Morgan fingerprint density at radius 3 is 2.52 bits per heavy atom. The van der Waals surface area contributed by atoms with Crippen LogP contribution < -0.4 is 15.4 Å². The SMILES string of the molecule is CC(C)NCC1CCCCN1c1ccc(S(N)(=O)=O)cc1. The third-order valence-corrected chi connectivity index (χ3v) is 4.81. The van der Waals surface area contributed by atoms with Crippen LogP contribution in [0.3, 0.4) is 0 Å². The zero-order valence-corrected chi connectivity index (χ0v) is 13.6. The number of hydrogen-bond donors (Lipinski definition) is 2. The van der Waals surface area contributed by atoms with E-state index in [4.69, 9.17) is 5.14 Å². The highest BCUT2D eigenvalue weighted by Crippen LogP contribution is 2.25. The quantitative estimate of drug-likeness (QED) is 0.868. The van der Waals surface area contributed by atoms with Gasteiger partial charge in [-0.2, -0.15) is 0 Å². The Balaban J connectivity index is 2.13. The second kappa shape index (κ2) is 6.77. The van der Waals surface area contributed by atoms with Crippen LogP contribution >= 0.6 is 0 Å². The largest absolute Gasteiger partial charge is 0.367 e. The number of primary sulfonamides is 1. The van der Waals surface area contributed by atoms with Crippen LogP contribution in [0.4, 0.5) is 5.69 Å². The maximum atomic E-state index is 11.3. The van der Waals surface area contributed by atoms with Crippen LogP contribution in [0.15, 0.2) is 29.2 Å². The lowest BCUT2D eigenvalue weighted by Gasteiger charge is -2.38. The highest BCUT2D eigenvalue weighted by Gasteiger charge is 2.22. The Morgan fingerprint density at radius 1 is 1.29 bits per heavy atom. The predicted molar refractivity (Wildman–Crippen MR) is 85.9 cm³/mol. The van der Waals surface area contributed by atoms with Gasteiger partial charge in [-0.15, -0.1) is 0 Å². The molecule has 0 radical (unpaired) electrons. The van der Waals surface area contributed by atoms with Gasteiger partial charge >= 0.3 is 0 Å². The lowest BCUT2D eigenvalue weighted by molar-refractivity contribution is 0.421. The van der Waals surface area contributed by atoms with Gasteiger partial charge in [-0.05, 0) is 43.5 Å². The molecule has 0 bridgehead atoms. The monoisotopic (exact) mass is 311 g/mol. The van der Waals surface area contributed by atoms with Gasteiger partial charge in [0.05, 0.1) is 4.90 Å². The van der Waals surface area contributed by atoms with Crippen LogP contribution in [-0.2, 0) is 10.0 Å². The molecule has 1 atom stereocenters. The standard InChI is InChI=1S/C15H25N3O2S/c1-12(2)17-11-14-5-3-4-10-18(14)13-6-8-15(9-7-13)21(16,19)20/h6-9,12,14,17H,3-5,10-11H2,1-2H3,(H2,16,19,20). The van der Waals surface area contributed by atoms with Crippen LogP contribution in [0, 0.1) is 0 Å². The second-order valence-electron chi connectivity index (χ2n) is 5.94. The molecular formula is C15H25N3O2S. The Kier molecular flexibility index (Phi) is 5.24. The van der Waals surface area contributed by atoms with Crippen molar-refractivity contribution in [3.8, 4) is 0 Å². The average Bonchev–Trinajstić information content (AvgIpc) is 2.44. The van der Waals surface area contributed by atoms with Gasteiger partial charge in [0.1, 0.15) is 0 Å². The van der Waals surface area contributed by atoms with E-state index in [-0.39, 0.29) is 4.90 Å². The summed E-state index contributed by atoms with van der Waals surface area (Å²) in [6.07, 6.45) is 3.59. The summed E-state index contributed by atoms with van der Waals surface area (Å²) in [7, 11) is -3.62. The molecule has 1 unspecified atom stereocenters. The number of nitrogens with zero attached hydrogens (tertiary/aromatic N) is 1. The number of sulfonamides is 1. The van der Waals surface area contributed by atoms with Crippen molar-refractivity contribution in [3.63, 3.8) is 0 Å². The van der Waals surface area contributed by atoms with Crippen LogP contribution in [0.2, 0.25) is 0 Å². The fraction of sp³-hybridized carbons (Fsp3) is 0.600. The normalized spacial score (nSPS) is 20.0. The minimum atomic E-state index is -3.62. The summed E-state index contributed by atoms with van der Waals surface area (Å²) in [5, 5.41) is 8.64. The first-order valence-electron chi connectivity index (χ1n) is 7.51. The van der Waals surface area contributed by atoms with E-state index in [2.05, 4.69) is 24.1 Å². The molecule has 118 valence electrons.